The van der Waals surface area contributed by atoms with Crippen LogP contribution in [0.4, 0.5) is 0 Å². The Morgan fingerprint density at radius 2 is 1.87 bits per heavy atom. The van der Waals surface area contributed by atoms with E-state index in [-0.39, 0.29) is 11.7 Å². The molecule has 6 nitrogen and oxygen atoms in total. The number of aryl methyl sites for hydroxylation is 1. The minimum Gasteiger partial charge on any atom is -0.454 e. The van der Waals surface area contributed by atoms with Gasteiger partial charge in [-0.3, -0.25) is 0 Å². The maximum Gasteiger partial charge on any atom is 0.276 e. The molecular formula is C16H16N2O4S. The normalized spacial score (nSPS) is 13.4. The molecule has 0 atom stereocenters. The highest BCUT2D eigenvalue weighted by Gasteiger charge is 2.14. The van der Waals surface area contributed by atoms with Gasteiger partial charge in [-0.2, -0.15) is 13.5 Å². The van der Waals surface area contributed by atoms with Gasteiger partial charge in [-0.1, -0.05) is 19.1 Å². The molecule has 1 aliphatic heterocycles. The highest BCUT2D eigenvalue weighted by atomic mass is 32.2. The van der Waals surface area contributed by atoms with Crippen LogP contribution in [0.5, 0.6) is 11.5 Å². The topological polar surface area (TPSA) is 77.0 Å². The number of nitrogens with one attached hydrogen (secondary N) is 1. The van der Waals surface area contributed by atoms with Crippen molar-refractivity contribution in [2.45, 2.75) is 18.2 Å². The van der Waals surface area contributed by atoms with Gasteiger partial charge in [0.15, 0.2) is 11.5 Å². The van der Waals surface area contributed by atoms with Crippen LogP contribution in [-0.4, -0.2) is 21.4 Å². The summed E-state index contributed by atoms with van der Waals surface area (Å²) in [5.74, 6) is 1.28. The third kappa shape index (κ3) is 3.45. The maximum atomic E-state index is 12.1. The summed E-state index contributed by atoms with van der Waals surface area (Å²) in [5, 5.41) is 3.80. The average Bonchev–Trinajstić information content (AvgIpc) is 3.02. The SMILES string of the molecule is CCc1ccc(S(=O)(=O)NN=Cc2ccc3c(c2)OCO3)cc1. The van der Waals surface area contributed by atoms with Crippen LogP contribution in [-0.2, 0) is 16.4 Å². The summed E-state index contributed by atoms with van der Waals surface area (Å²) in [4.78, 5) is 2.38. The van der Waals surface area contributed by atoms with Gasteiger partial charge in [0, 0.05) is 0 Å². The minimum absolute atomic E-state index is 0.178. The van der Waals surface area contributed by atoms with E-state index < -0.39 is 10.0 Å². The summed E-state index contributed by atoms with van der Waals surface area (Å²) >= 11 is 0. The Labute approximate surface area is 134 Å². The first-order valence-electron chi connectivity index (χ1n) is 7.12. The number of hydrogen-bond donors (Lipinski definition) is 1. The zero-order valence-electron chi connectivity index (χ0n) is 12.5. The first-order valence-corrected chi connectivity index (χ1v) is 8.60. The van der Waals surface area contributed by atoms with Gasteiger partial charge in [0.2, 0.25) is 6.79 Å². The second kappa shape index (κ2) is 6.29. The van der Waals surface area contributed by atoms with Gasteiger partial charge in [0.05, 0.1) is 11.1 Å². The number of rotatable bonds is 5. The predicted molar refractivity (Wildman–Crippen MR) is 86.3 cm³/mol. The van der Waals surface area contributed by atoms with E-state index in [0.717, 1.165) is 12.0 Å². The van der Waals surface area contributed by atoms with Crippen molar-refractivity contribution in [2.75, 3.05) is 6.79 Å². The highest BCUT2D eigenvalue weighted by Crippen LogP contribution is 2.31. The fourth-order valence-electron chi connectivity index (χ4n) is 2.12. The van der Waals surface area contributed by atoms with Crippen molar-refractivity contribution in [3.05, 3.63) is 53.6 Å². The molecule has 0 fully saturated rings. The van der Waals surface area contributed by atoms with Crippen molar-refractivity contribution in [2.24, 2.45) is 5.10 Å². The fraction of sp³-hybridized carbons (Fsp3) is 0.188. The molecule has 7 heteroatoms. The lowest BCUT2D eigenvalue weighted by atomic mass is 10.2. The van der Waals surface area contributed by atoms with Gasteiger partial charge < -0.3 is 9.47 Å². The second-order valence-corrected chi connectivity index (χ2v) is 6.62. The van der Waals surface area contributed by atoms with E-state index in [2.05, 4.69) is 9.93 Å². The van der Waals surface area contributed by atoms with Crippen molar-refractivity contribution in [3.8, 4) is 11.5 Å². The lowest BCUT2D eigenvalue weighted by molar-refractivity contribution is 0.174. The molecule has 2 aromatic rings. The van der Waals surface area contributed by atoms with E-state index in [4.69, 9.17) is 9.47 Å². The quantitative estimate of drug-likeness (QED) is 0.673. The van der Waals surface area contributed by atoms with E-state index in [1.54, 1.807) is 42.5 Å². The van der Waals surface area contributed by atoms with Crippen LogP contribution in [0.1, 0.15) is 18.1 Å². The Kier molecular flexibility index (Phi) is 4.20. The largest absolute Gasteiger partial charge is 0.454 e. The Bertz CT molecular complexity index is 830. The third-order valence-electron chi connectivity index (χ3n) is 3.43. The lowest BCUT2D eigenvalue weighted by Crippen LogP contribution is -2.18. The Hall–Kier alpha value is -2.54. The summed E-state index contributed by atoms with van der Waals surface area (Å²) in [6.07, 6.45) is 2.27. The number of hydrogen-bond acceptors (Lipinski definition) is 5. The van der Waals surface area contributed by atoms with Gasteiger partial charge in [0.25, 0.3) is 10.0 Å². The molecule has 0 unspecified atom stereocenters. The first kappa shape index (κ1) is 15.4. The summed E-state index contributed by atoms with van der Waals surface area (Å²) in [6, 6.07) is 12.0. The summed E-state index contributed by atoms with van der Waals surface area (Å²) in [6.45, 7) is 2.20. The average molecular weight is 332 g/mol. The Balaban J connectivity index is 1.70. The number of nitrogens with zero attached hydrogens (tertiary/aromatic N) is 1. The molecule has 0 amide bonds. The van der Waals surface area contributed by atoms with E-state index in [1.165, 1.54) is 6.21 Å². The molecule has 0 bridgehead atoms. The first-order chi connectivity index (χ1) is 11.1. The second-order valence-electron chi connectivity index (χ2n) is 4.96. The molecule has 1 N–H and O–H groups in total. The predicted octanol–water partition coefficient (Wildman–Crippen LogP) is 2.29. The molecule has 1 heterocycles. The van der Waals surface area contributed by atoms with Crippen molar-refractivity contribution in [3.63, 3.8) is 0 Å². The van der Waals surface area contributed by atoms with E-state index in [1.807, 2.05) is 6.92 Å². The van der Waals surface area contributed by atoms with Crippen LogP contribution in [0, 0.1) is 0 Å². The van der Waals surface area contributed by atoms with Gasteiger partial charge >= 0.3 is 0 Å². The number of fused-ring (bicyclic) bond motifs is 1. The molecule has 2 aromatic carbocycles. The number of hydrazone groups is 1. The molecule has 0 aliphatic carbocycles. The number of benzene rings is 2. The summed E-state index contributed by atoms with van der Waals surface area (Å²) in [7, 11) is -3.67. The minimum atomic E-state index is -3.67. The van der Waals surface area contributed by atoms with Crippen molar-refractivity contribution in [1.82, 2.24) is 4.83 Å². The molecule has 0 aromatic heterocycles. The molecule has 0 radical (unpaired) electrons. The van der Waals surface area contributed by atoms with Crippen molar-refractivity contribution < 1.29 is 17.9 Å². The molecular weight excluding hydrogens is 316 g/mol. The van der Waals surface area contributed by atoms with E-state index in [9.17, 15) is 8.42 Å². The van der Waals surface area contributed by atoms with Gasteiger partial charge in [-0.15, -0.1) is 0 Å². The van der Waals surface area contributed by atoms with Crippen LogP contribution >= 0.6 is 0 Å². The maximum absolute atomic E-state index is 12.1. The fourth-order valence-corrected chi connectivity index (χ4v) is 2.91. The highest BCUT2D eigenvalue weighted by molar-refractivity contribution is 7.89. The Morgan fingerprint density at radius 1 is 1.13 bits per heavy atom. The number of ether oxygens (including phenoxy) is 2. The van der Waals surface area contributed by atoms with Gasteiger partial charge in [-0.05, 0) is 47.9 Å². The Morgan fingerprint density at radius 3 is 2.61 bits per heavy atom. The monoisotopic (exact) mass is 332 g/mol. The van der Waals surface area contributed by atoms with Crippen LogP contribution in [0.3, 0.4) is 0 Å². The smallest absolute Gasteiger partial charge is 0.276 e. The zero-order valence-corrected chi connectivity index (χ0v) is 13.3. The summed E-state index contributed by atoms with van der Waals surface area (Å²) in [5.41, 5.74) is 1.78. The molecule has 3 rings (SSSR count). The molecule has 0 saturated heterocycles. The van der Waals surface area contributed by atoms with Crippen LogP contribution in [0.15, 0.2) is 52.5 Å². The van der Waals surface area contributed by atoms with Crippen molar-refractivity contribution >= 4 is 16.2 Å². The molecule has 120 valence electrons. The standard InChI is InChI=1S/C16H16N2O4S/c1-2-12-3-6-14(7-4-12)23(19,20)18-17-10-13-5-8-15-16(9-13)22-11-21-15/h3-10,18H,2,11H2,1H3. The van der Waals surface area contributed by atoms with Gasteiger partial charge in [-0.25, -0.2) is 4.83 Å². The van der Waals surface area contributed by atoms with Crippen LogP contribution in [0.25, 0.3) is 0 Å². The van der Waals surface area contributed by atoms with E-state index in [0.29, 0.717) is 17.1 Å². The molecule has 23 heavy (non-hydrogen) atoms. The lowest BCUT2D eigenvalue weighted by Gasteiger charge is -2.04. The third-order valence-corrected chi connectivity index (χ3v) is 4.66. The zero-order chi connectivity index (χ0) is 16.3. The van der Waals surface area contributed by atoms with Crippen LogP contribution in [0.2, 0.25) is 0 Å². The molecule has 0 spiro atoms. The number of sulfonamides is 1. The van der Waals surface area contributed by atoms with E-state index >= 15 is 0 Å². The van der Waals surface area contributed by atoms with Crippen molar-refractivity contribution in [1.29, 1.82) is 0 Å². The molecule has 0 saturated carbocycles. The van der Waals surface area contributed by atoms with Gasteiger partial charge in [0.1, 0.15) is 0 Å². The summed E-state index contributed by atoms with van der Waals surface area (Å²) < 4.78 is 34.7. The molecule has 1 aliphatic rings. The van der Waals surface area contributed by atoms with Crippen LogP contribution < -0.4 is 14.3 Å².